The van der Waals surface area contributed by atoms with Gasteiger partial charge < -0.3 is 16.2 Å². The van der Waals surface area contributed by atoms with Gasteiger partial charge >= 0.3 is 0 Å². The Morgan fingerprint density at radius 1 is 1.44 bits per heavy atom. The van der Waals surface area contributed by atoms with Crippen LogP contribution in [0.15, 0.2) is 0 Å². The van der Waals surface area contributed by atoms with Gasteiger partial charge in [-0.1, -0.05) is 0 Å². The smallest absolute Gasteiger partial charge is 0.231 e. The first kappa shape index (κ1) is 13.3. The average molecular weight is 255 g/mol. The van der Waals surface area contributed by atoms with Gasteiger partial charge in [-0.15, -0.1) is 0 Å². The summed E-state index contributed by atoms with van der Waals surface area (Å²) in [5.74, 6) is -0.406. The van der Waals surface area contributed by atoms with E-state index in [1.165, 1.54) is 6.92 Å². The van der Waals surface area contributed by atoms with Crippen molar-refractivity contribution >= 4 is 11.8 Å². The molecule has 0 aromatic heterocycles. The Balaban J connectivity index is 1.83. The van der Waals surface area contributed by atoms with Gasteiger partial charge in [-0.05, 0) is 25.7 Å². The van der Waals surface area contributed by atoms with Crippen LogP contribution in [0.4, 0.5) is 0 Å². The second-order valence-corrected chi connectivity index (χ2v) is 5.58. The summed E-state index contributed by atoms with van der Waals surface area (Å²) in [6.07, 6.45) is 2.98. The Morgan fingerprint density at radius 3 is 2.50 bits per heavy atom. The number of hydrogen-bond acceptors (Lipinski definition) is 4. The van der Waals surface area contributed by atoms with Crippen molar-refractivity contribution in [2.75, 3.05) is 13.1 Å². The molecule has 1 aliphatic heterocycles. The molecular weight excluding hydrogens is 234 g/mol. The highest BCUT2D eigenvalue weighted by molar-refractivity contribution is 5.76. The van der Waals surface area contributed by atoms with Gasteiger partial charge in [0.1, 0.15) is 6.23 Å². The molecule has 2 aliphatic rings. The van der Waals surface area contributed by atoms with Crippen molar-refractivity contribution in [2.24, 2.45) is 11.1 Å². The van der Waals surface area contributed by atoms with Crippen molar-refractivity contribution in [2.45, 2.75) is 44.9 Å². The summed E-state index contributed by atoms with van der Waals surface area (Å²) in [5.41, 5.74) is 5.03. The van der Waals surface area contributed by atoms with E-state index in [9.17, 15) is 14.7 Å². The summed E-state index contributed by atoms with van der Waals surface area (Å²) >= 11 is 0. The van der Waals surface area contributed by atoms with Crippen molar-refractivity contribution in [3.63, 3.8) is 0 Å². The molecule has 0 bridgehead atoms. The zero-order valence-electron chi connectivity index (χ0n) is 10.7. The molecule has 6 nitrogen and oxygen atoms in total. The minimum atomic E-state index is -0.566. The van der Waals surface area contributed by atoms with Gasteiger partial charge in [0.05, 0.1) is 6.54 Å². The van der Waals surface area contributed by atoms with Gasteiger partial charge in [0.2, 0.25) is 11.8 Å². The first-order valence-corrected chi connectivity index (χ1v) is 6.40. The Kier molecular flexibility index (Phi) is 3.59. The van der Waals surface area contributed by atoms with Crippen LogP contribution in [0.2, 0.25) is 0 Å². The number of carbonyl (C=O) groups excluding carboxylic acids is 2. The second-order valence-electron chi connectivity index (χ2n) is 5.58. The van der Waals surface area contributed by atoms with E-state index >= 15 is 0 Å². The van der Waals surface area contributed by atoms with Gasteiger partial charge in [-0.3, -0.25) is 14.5 Å². The summed E-state index contributed by atoms with van der Waals surface area (Å²) in [5, 5.41) is 13.0. The number of hydrogen-bond donors (Lipinski definition) is 3. The molecule has 1 saturated heterocycles. The minimum Gasteiger partial charge on any atom is -0.378 e. The number of aliphatic hydroxyl groups excluding tert-OH is 1. The molecule has 2 rings (SSSR count). The molecule has 0 radical (unpaired) electrons. The number of aliphatic hydroxyl groups is 1. The minimum absolute atomic E-state index is 0.000429. The Bertz CT molecular complexity index is 350. The molecule has 102 valence electrons. The number of amides is 2. The highest BCUT2D eigenvalue weighted by atomic mass is 16.3. The number of nitrogens with two attached hydrogens (primary N) is 1. The summed E-state index contributed by atoms with van der Waals surface area (Å²) in [6, 6.07) is 0.227. The van der Waals surface area contributed by atoms with E-state index in [0.29, 0.717) is 0 Å². The lowest BCUT2D eigenvalue weighted by molar-refractivity contribution is -0.208. The summed E-state index contributed by atoms with van der Waals surface area (Å²) in [7, 11) is 0. The maximum absolute atomic E-state index is 11.0. The lowest BCUT2D eigenvalue weighted by atomic mass is 9.66. The van der Waals surface area contributed by atoms with Crippen molar-refractivity contribution in [3.05, 3.63) is 0 Å². The molecule has 18 heavy (non-hydrogen) atoms. The largest absolute Gasteiger partial charge is 0.378 e. The number of rotatable bonds is 3. The van der Waals surface area contributed by atoms with E-state index in [0.717, 1.165) is 32.2 Å². The van der Waals surface area contributed by atoms with Crippen LogP contribution in [0.5, 0.6) is 0 Å². The third-order valence-electron chi connectivity index (χ3n) is 4.16. The van der Waals surface area contributed by atoms with Gasteiger partial charge in [-0.2, -0.15) is 0 Å². The van der Waals surface area contributed by atoms with Crippen molar-refractivity contribution < 1.29 is 14.7 Å². The van der Waals surface area contributed by atoms with Crippen LogP contribution < -0.4 is 11.1 Å². The van der Waals surface area contributed by atoms with E-state index < -0.39 is 12.1 Å². The summed E-state index contributed by atoms with van der Waals surface area (Å²) in [6.45, 7) is 2.37. The van der Waals surface area contributed by atoms with Crippen LogP contribution in [-0.2, 0) is 9.59 Å². The van der Waals surface area contributed by atoms with Crippen molar-refractivity contribution in [3.8, 4) is 0 Å². The first-order valence-electron chi connectivity index (χ1n) is 6.40. The van der Waals surface area contributed by atoms with E-state index in [1.807, 2.05) is 0 Å². The van der Waals surface area contributed by atoms with Gasteiger partial charge in [-0.25, -0.2) is 0 Å². The molecule has 0 aromatic rings. The molecule has 2 fully saturated rings. The molecule has 1 spiro atoms. The number of carbonyl (C=O) groups is 2. The zero-order chi connectivity index (χ0) is 13.3. The molecular formula is C12H21N3O3. The molecule has 6 heteroatoms. The highest BCUT2D eigenvalue weighted by Crippen LogP contribution is 2.47. The monoisotopic (exact) mass is 255 g/mol. The van der Waals surface area contributed by atoms with Crippen LogP contribution in [0, 0.1) is 5.41 Å². The number of nitrogens with one attached hydrogen (secondary N) is 1. The number of likely N-dealkylation sites (tertiary alicyclic amines) is 1. The predicted octanol–water partition coefficient (Wildman–Crippen LogP) is -0.829. The SMILES string of the molecule is CC(=O)NC1CCC2(CC1)CN(CC(N)=O)C2O. The Labute approximate surface area is 107 Å². The molecule has 1 unspecified atom stereocenters. The Morgan fingerprint density at radius 2 is 2.06 bits per heavy atom. The standard InChI is InChI=1S/C12H21N3O3/c1-8(16)14-9-2-4-12(5-3-9)7-15(11(12)18)6-10(13)17/h9,11,18H,2-7H2,1H3,(H2,13,17)(H,14,16). The summed E-state index contributed by atoms with van der Waals surface area (Å²) in [4.78, 5) is 23.5. The quantitative estimate of drug-likeness (QED) is 0.613. The van der Waals surface area contributed by atoms with Gasteiger partial charge in [0.25, 0.3) is 0 Å². The van der Waals surface area contributed by atoms with Gasteiger partial charge in [0.15, 0.2) is 0 Å². The molecule has 4 N–H and O–H groups in total. The second kappa shape index (κ2) is 4.85. The topological polar surface area (TPSA) is 95.7 Å². The Hall–Kier alpha value is -1.14. The molecule has 1 aliphatic carbocycles. The van der Waals surface area contributed by atoms with Crippen molar-refractivity contribution in [1.82, 2.24) is 10.2 Å². The van der Waals surface area contributed by atoms with E-state index in [4.69, 9.17) is 5.73 Å². The van der Waals surface area contributed by atoms with Crippen LogP contribution in [-0.4, -0.2) is 47.2 Å². The average Bonchev–Trinajstić information content (AvgIpc) is 2.29. The van der Waals surface area contributed by atoms with E-state index in [2.05, 4.69) is 5.32 Å². The zero-order valence-corrected chi connectivity index (χ0v) is 10.7. The first-order chi connectivity index (χ1) is 8.43. The number of primary amides is 1. The molecule has 1 saturated carbocycles. The fourth-order valence-electron chi connectivity index (χ4n) is 3.23. The third kappa shape index (κ3) is 2.49. The van der Waals surface area contributed by atoms with Crippen LogP contribution in [0.25, 0.3) is 0 Å². The normalized spacial score (nSPS) is 36.1. The predicted molar refractivity (Wildman–Crippen MR) is 65.3 cm³/mol. The lowest BCUT2D eigenvalue weighted by Gasteiger charge is -2.57. The molecule has 1 heterocycles. The van der Waals surface area contributed by atoms with Crippen LogP contribution in [0.3, 0.4) is 0 Å². The fraction of sp³-hybridized carbons (Fsp3) is 0.833. The van der Waals surface area contributed by atoms with E-state index in [1.54, 1.807) is 4.90 Å². The molecule has 2 amide bonds. The number of nitrogens with zero attached hydrogens (tertiary/aromatic N) is 1. The molecule has 1 atom stereocenters. The maximum atomic E-state index is 11.0. The fourth-order valence-corrected chi connectivity index (χ4v) is 3.23. The van der Waals surface area contributed by atoms with Crippen LogP contribution in [0.1, 0.15) is 32.6 Å². The van der Waals surface area contributed by atoms with Crippen LogP contribution >= 0.6 is 0 Å². The lowest BCUT2D eigenvalue weighted by Crippen LogP contribution is -2.67. The molecule has 0 aromatic carbocycles. The van der Waals surface area contributed by atoms with E-state index in [-0.39, 0.29) is 23.9 Å². The third-order valence-corrected chi connectivity index (χ3v) is 4.16. The highest BCUT2D eigenvalue weighted by Gasteiger charge is 2.53. The maximum Gasteiger partial charge on any atom is 0.231 e. The van der Waals surface area contributed by atoms with Gasteiger partial charge in [0, 0.05) is 24.9 Å². The summed E-state index contributed by atoms with van der Waals surface area (Å²) < 4.78 is 0. The van der Waals surface area contributed by atoms with Crippen molar-refractivity contribution in [1.29, 1.82) is 0 Å².